The van der Waals surface area contributed by atoms with Gasteiger partial charge in [-0.05, 0) is 31.0 Å². The van der Waals surface area contributed by atoms with Crippen molar-refractivity contribution in [3.63, 3.8) is 0 Å². The second-order valence-electron chi connectivity index (χ2n) is 4.20. The molecule has 0 bridgehead atoms. The molecule has 1 unspecified atom stereocenters. The van der Waals surface area contributed by atoms with Crippen molar-refractivity contribution >= 4 is 11.7 Å². The summed E-state index contributed by atoms with van der Waals surface area (Å²) >= 11 is 0. The van der Waals surface area contributed by atoms with Gasteiger partial charge in [0.2, 0.25) is 0 Å². The van der Waals surface area contributed by atoms with Crippen LogP contribution in [0.25, 0.3) is 0 Å². The quantitative estimate of drug-likeness (QED) is 0.836. The van der Waals surface area contributed by atoms with E-state index in [1.807, 2.05) is 0 Å². The molecule has 0 amide bonds. The predicted molar refractivity (Wildman–Crippen MR) is 65.2 cm³/mol. The van der Waals surface area contributed by atoms with Gasteiger partial charge in [0.1, 0.15) is 5.82 Å². The van der Waals surface area contributed by atoms with Crippen molar-refractivity contribution < 1.29 is 18.7 Å². The maximum absolute atomic E-state index is 13.2. The van der Waals surface area contributed by atoms with Crippen LogP contribution in [0, 0.1) is 5.82 Å². The normalized spacial score (nSPS) is 18.7. The first-order valence-corrected chi connectivity index (χ1v) is 5.94. The third-order valence-corrected chi connectivity index (χ3v) is 2.93. The van der Waals surface area contributed by atoms with Crippen molar-refractivity contribution in [3.8, 4) is 0 Å². The third kappa shape index (κ3) is 2.98. The van der Waals surface area contributed by atoms with Crippen molar-refractivity contribution in [2.45, 2.75) is 18.9 Å². The second-order valence-corrected chi connectivity index (χ2v) is 4.20. The summed E-state index contributed by atoms with van der Waals surface area (Å²) in [5.41, 5.74) is 0.772. The molecule has 2 rings (SSSR count). The molecular formula is C13H16FNO3. The van der Waals surface area contributed by atoms with Gasteiger partial charge in [-0.25, -0.2) is 9.18 Å². The minimum atomic E-state index is -0.482. The molecule has 98 valence electrons. The van der Waals surface area contributed by atoms with E-state index in [2.05, 4.69) is 10.1 Å². The molecule has 5 heteroatoms. The van der Waals surface area contributed by atoms with E-state index < -0.39 is 11.8 Å². The molecule has 18 heavy (non-hydrogen) atoms. The maximum atomic E-state index is 13.2. The van der Waals surface area contributed by atoms with Crippen LogP contribution in [0.5, 0.6) is 0 Å². The van der Waals surface area contributed by atoms with Gasteiger partial charge < -0.3 is 14.8 Å². The van der Waals surface area contributed by atoms with Crippen LogP contribution in [-0.2, 0) is 9.47 Å². The fraction of sp³-hybridized carbons (Fsp3) is 0.462. The average molecular weight is 253 g/mol. The summed E-state index contributed by atoms with van der Waals surface area (Å²) in [6, 6.07) is 3.95. The van der Waals surface area contributed by atoms with Crippen LogP contribution >= 0.6 is 0 Å². The summed E-state index contributed by atoms with van der Waals surface area (Å²) in [6.45, 7) is 1.33. The summed E-state index contributed by atoms with van der Waals surface area (Å²) in [5.74, 6) is -0.873. The van der Waals surface area contributed by atoms with Crippen molar-refractivity contribution in [1.82, 2.24) is 0 Å². The van der Waals surface area contributed by atoms with Gasteiger partial charge in [-0.2, -0.15) is 0 Å². The highest BCUT2D eigenvalue weighted by atomic mass is 19.1. The summed E-state index contributed by atoms with van der Waals surface area (Å²) in [6.07, 6.45) is 2.15. The van der Waals surface area contributed by atoms with E-state index in [9.17, 15) is 9.18 Å². The number of anilines is 1. The average Bonchev–Trinajstić information content (AvgIpc) is 2.88. The molecular weight excluding hydrogens is 237 g/mol. The number of hydrogen-bond donors (Lipinski definition) is 1. The Kier molecular flexibility index (Phi) is 4.15. The smallest absolute Gasteiger partial charge is 0.339 e. The maximum Gasteiger partial charge on any atom is 0.339 e. The molecule has 1 N–H and O–H groups in total. The standard InChI is InChI=1S/C13H16FNO3/c1-17-13(16)11-5-4-9(14)7-12(11)15-8-10-3-2-6-18-10/h4-5,7,10,15H,2-3,6,8H2,1H3. The van der Waals surface area contributed by atoms with Gasteiger partial charge in [0.25, 0.3) is 0 Å². The molecule has 0 aliphatic carbocycles. The summed E-state index contributed by atoms with van der Waals surface area (Å²) in [5, 5.41) is 3.05. The zero-order chi connectivity index (χ0) is 13.0. The molecule has 1 saturated heterocycles. The van der Waals surface area contributed by atoms with Crippen LogP contribution in [0.4, 0.5) is 10.1 Å². The predicted octanol–water partition coefficient (Wildman–Crippen LogP) is 2.20. The van der Waals surface area contributed by atoms with Crippen LogP contribution in [0.15, 0.2) is 18.2 Å². The monoisotopic (exact) mass is 253 g/mol. The van der Waals surface area contributed by atoms with Crippen LogP contribution in [0.1, 0.15) is 23.2 Å². The van der Waals surface area contributed by atoms with Crippen molar-refractivity contribution in [2.75, 3.05) is 25.6 Å². The SMILES string of the molecule is COC(=O)c1ccc(F)cc1NCC1CCCO1. The third-order valence-electron chi connectivity index (χ3n) is 2.93. The lowest BCUT2D eigenvalue weighted by molar-refractivity contribution is 0.0601. The molecule has 1 aliphatic rings. The van der Waals surface area contributed by atoms with E-state index in [0.717, 1.165) is 19.4 Å². The van der Waals surface area contributed by atoms with E-state index in [1.165, 1.54) is 25.3 Å². The number of halogens is 1. The fourth-order valence-corrected chi connectivity index (χ4v) is 1.98. The van der Waals surface area contributed by atoms with E-state index in [4.69, 9.17) is 4.74 Å². The Morgan fingerprint density at radius 1 is 1.61 bits per heavy atom. The molecule has 1 aliphatic heterocycles. The number of carbonyl (C=O) groups excluding carboxylic acids is 1. The Labute approximate surface area is 105 Å². The first-order valence-electron chi connectivity index (χ1n) is 5.94. The van der Waals surface area contributed by atoms with E-state index in [1.54, 1.807) is 0 Å². The summed E-state index contributed by atoms with van der Waals surface area (Å²) < 4.78 is 23.3. The van der Waals surface area contributed by atoms with Crippen molar-refractivity contribution in [3.05, 3.63) is 29.6 Å². The van der Waals surface area contributed by atoms with Crippen molar-refractivity contribution in [1.29, 1.82) is 0 Å². The van der Waals surface area contributed by atoms with Gasteiger partial charge in [-0.1, -0.05) is 0 Å². The van der Waals surface area contributed by atoms with Crippen LogP contribution < -0.4 is 5.32 Å². The van der Waals surface area contributed by atoms with E-state index >= 15 is 0 Å². The molecule has 1 aromatic rings. The van der Waals surface area contributed by atoms with Gasteiger partial charge in [-0.15, -0.1) is 0 Å². The van der Waals surface area contributed by atoms with Crippen LogP contribution in [0.3, 0.4) is 0 Å². The molecule has 1 heterocycles. The van der Waals surface area contributed by atoms with Gasteiger partial charge in [0, 0.05) is 13.2 Å². The number of hydrogen-bond acceptors (Lipinski definition) is 4. The number of ether oxygens (including phenoxy) is 2. The Bertz CT molecular complexity index is 430. The second kappa shape index (κ2) is 5.82. The highest BCUT2D eigenvalue weighted by Gasteiger charge is 2.17. The lowest BCUT2D eigenvalue weighted by Crippen LogP contribution is -2.20. The van der Waals surface area contributed by atoms with Gasteiger partial charge in [-0.3, -0.25) is 0 Å². The Morgan fingerprint density at radius 3 is 3.11 bits per heavy atom. The highest BCUT2D eigenvalue weighted by molar-refractivity contribution is 5.95. The minimum absolute atomic E-state index is 0.124. The van der Waals surface area contributed by atoms with E-state index in [-0.39, 0.29) is 6.10 Å². The molecule has 1 aromatic carbocycles. The molecule has 1 atom stereocenters. The number of nitrogens with one attached hydrogen (secondary N) is 1. The summed E-state index contributed by atoms with van der Waals surface area (Å²) in [7, 11) is 1.30. The number of esters is 1. The summed E-state index contributed by atoms with van der Waals surface area (Å²) in [4.78, 5) is 11.5. The minimum Gasteiger partial charge on any atom is -0.465 e. The Balaban J connectivity index is 2.08. The van der Waals surface area contributed by atoms with Gasteiger partial charge in [0.15, 0.2) is 0 Å². The number of carbonyl (C=O) groups is 1. The highest BCUT2D eigenvalue weighted by Crippen LogP contribution is 2.20. The van der Waals surface area contributed by atoms with Gasteiger partial charge >= 0.3 is 5.97 Å². The number of benzene rings is 1. The first kappa shape index (κ1) is 12.8. The van der Waals surface area contributed by atoms with E-state index in [0.29, 0.717) is 17.8 Å². The lowest BCUT2D eigenvalue weighted by Gasteiger charge is -2.14. The van der Waals surface area contributed by atoms with Crippen LogP contribution in [-0.4, -0.2) is 32.3 Å². The zero-order valence-electron chi connectivity index (χ0n) is 10.2. The topological polar surface area (TPSA) is 47.6 Å². The number of methoxy groups -OCH3 is 1. The largest absolute Gasteiger partial charge is 0.465 e. The molecule has 0 aromatic heterocycles. The lowest BCUT2D eigenvalue weighted by atomic mass is 10.1. The van der Waals surface area contributed by atoms with Gasteiger partial charge in [0.05, 0.1) is 24.5 Å². The Hall–Kier alpha value is -1.62. The molecule has 4 nitrogen and oxygen atoms in total. The molecule has 0 saturated carbocycles. The molecule has 0 radical (unpaired) electrons. The fourth-order valence-electron chi connectivity index (χ4n) is 1.98. The zero-order valence-corrected chi connectivity index (χ0v) is 10.2. The Morgan fingerprint density at radius 2 is 2.44 bits per heavy atom. The molecule has 0 spiro atoms. The molecule has 1 fully saturated rings. The van der Waals surface area contributed by atoms with Crippen molar-refractivity contribution in [2.24, 2.45) is 0 Å². The number of rotatable bonds is 4. The van der Waals surface area contributed by atoms with Crippen LogP contribution in [0.2, 0.25) is 0 Å². The first-order chi connectivity index (χ1) is 8.70.